The zero-order valence-corrected chi connectivity index (χ0v) is 18.6. The van der Waals surface area contributed by atoms with Gasteiger partial charge in [-0.15, -0.1) is 0 Å². The molecular formula is C26H22ClNO4. The van der Waals surface area contributed by atoms with E-state index in [1.165, 1.54) is 0 Å². The first kappa shape index (κ1) is 21.7. The highest BCUT2D eigenvalue weighted by atomic mass is 35.5. The lowest BCUT2D eigenvalue weighted by Gasteiger charge is -2.13. The number of hydrogen-bond donors (Lipinski definition) is 0. The number of carbonyl (C=O) groups is 1. The molecule has 5 nitrogen and oxygen atoms in total. The molecule has 0 spiro atoms. The van der Waals surface area contributed by atoms with Crippen LogP contribution in [0.3, 0.4) is 0 Å². The lowest BCUT2D eigenvalue weighted by molar-refractivity contribution is -0.129. The van der Waals surface area contributed by atoms with E-state index in [2.05, 4.69) is 4.99 Å². The smallest absolute Gasteiger partial charge is 0.363 e. The highest BCUT2D eigenvalue weighted by molar-refractivity contribution is 6.31. The van der Waals surface area contributed by atoms with Gasteiger partial charge >= 0.3 is 5.97 Å². The van der Waals surface area contributed by atoms with Gasteiger partial charge in [0, 0.05) is 16.1 Å². The molecule has 0 saturated heterocycles. The van der Waals surface area contributed by atoms with E-state index in [9.17, 15) is 4.79 Å². The van der Waals surface area contributed by atoms with Gasteiger partial charge in [0.15, 0.2) is 17.2 Å². The molecule has 1 aliphatic heterocycles. The van der Waals surface area contributed by atoms with Gasteiger partial charge in [0.1, 0.15) is 6.61 Å². The fourth-order valence-corrected chi connectivity index (χ4v) is 3.46. The summed E-state index contributed by atoms with van der Waals surface area (Å²) in [6.45, 7) is 4.63. The topological polar surface area (TPSA) is 57.1 Å². The standard InChI is InChI=1S/C26H22ClNO4/c1-3-30-24-15-18(12-13-23(24)31-16-19-9-5-7-11-21(19)27)14-22-26(29)32-25(28-22)20-10-6-4-8-17(20)2/h4-15H,3,16H2,1-2H3/b22-14-. The summed E-state index contributed by atoms with van der Waals surface area (Å²) >= 11 is 6.22. The molecule has 1 aliphatic rings. The third-order valence-corrected chi connectivity index (χ3v) is 5.28. The Labute approximate surface area is 191 Å². The second-order valence-corrected chi connectivity index (χ2v) is 7.58. The number of carbonyl (C=O) groups excluding carboxylic acids is 1. The van der Waals surface area contributed by atoms with Crippen molar-refractivity contribution < 1.29 is 19.0 Å². The molecule has 0 amide bonds. The van der Waals surface area contributed by atoms with E-state index in [-0.39, 0.29) is 5.70 Å². The van der Waals surface area contributed by atoms with Crippen LogP contribution < -0.4 is 9.47 Å². The second kappa shape index (κ2) is 9.71. The van der Waals surface area contributed by atoms with Crippen LogP contribution in [0.1, 0.15) is 29.2 Å². The first-order valence-electron chi connectivity index (χ1n) is 10.3. The second-order valence-electron chi connectivity index (χ2n) is 7.17. The van der Waals surface area contributed by atoms with Crippen molar-refractivity contribution in [3.8, 4) is 11.5 Å². The van der Waals surface area contributed by atoms with E-state index in [1.54, 1.807) is 12.1 Å². The Morgan fingerprint density at radius 2 is 1.78 bits per heavy atom. The Morgan fingerprint density at radius 1 is 1.00 bits per heavy atom. The highest BCUT2D eigenvalue weighted by Gasteiger charge is 2.25. The van der Waals surface area contributed by atoms with Crippen molar-refractivity contribution in [3.05, 3.63) is 99.7 Å². The van der Waals surface area contributed by atoms with Crippen molar-refractivity contribution in [2.45, 2.75) is 20.5 Å². The predicted molar refractivity (Wildman–Crippen MR) is 125 cm³/mol. The summed E-state index contributed by atoms with van der Waals surface area (Å²) in [7, 11) is 0. The molecule has 0 aliphatic carbocycles. The minimum Gasteiger partial charge on any atom is -0.490 e. The van der Waals surface area contributed by atoms with Crippen LogP contribution in [-0.4, -0.2) is 18.5 Å². The number of nitrogens with zero attached hydrogens (tertiary/aromatic N) is 1. The Bertz CT molecular complexity index is 1220. The molecule has 3 aromatic rings. The molecule has 32 heavy (non-hydrogen) atoms. The zero-order chi connectivity index (χ0) is 22.5. The van der Waals surface area contributed by atoms with Gasteiger partial charge in [-0.05, 0) is 55.3 Å². The highest BCUT2D eigenvalue weighted by Crippen LogP contribution is 2.31. The van der Waals surface area contributed by atoms with Gasteiger partial charge in [0.2, 0.25) is 5.90 Å². The molecule has 0 fully saturated rings. The van der Waals surface area contributed by atoms with Gasteiger partial charge in [-0.25, -0.2) is 9.79 Å². The summed E-state index contributed by atoms with van der Waals surface area (Å²) in [6.07, 6.45) is 1.67. The number of esters is 1. The monoisotopic (exact) mass is 447 g/mol. The summed E-state index contributed by atoms with van der Waals surface area (Å²) in [6, 6.07) is 20.6. The predicted octanol–water partition coefficient (Wildman–Crippen LogP) is 5.97. The minimum atomic E-state index is -0.486. The molecule has 0 radical (unpaired) electrons. The van der Waals surface area contributed by atoms with Gasteiger partial charge in [-0.3, -0.25) is 0 Å². The molecule has 6 heteroatoms. The van der Waals surface area contributed by atoms with Crippen LogP contribution in [0.15, 0.2) is 77.4 Å². The number of ether oxygens (including phenoxy) is 3. The zero-order valence-electron chi connectivity index (χ0n) is 17.8. The van der Waals surface area contributed by atoms with Crippen LogP contribution in [0.25, 0.3) is 6.08 Å². The summed E-state index contributed by atoms with van der Waals surface area (Å²) < 4.78 is 17.1. The first-order valence-corrected chi connectivity index (χ1v) is 10.6. The van der Waals surface area contributed by atoms with E-state index < -0.39 is 5.97 Å². The average Bonchev–Trinajstić information content (AvgIpc) is 3.14. The van der Waals surface area contributed by atoms with Gasteiger partial charge in [0.25, 0.3) is 0 Å². The fourth-order valence-electron chi connectivity index (χ4n) is 3.27. The van der Waals surface area contributed by atoms with E-state index in [0.717, 1.165) is 22.3 Å². The van der Waals surface area contributed by atoms with Gasteiger partial charge in [-0.1, -0.05) is 54.1 Å². The maximum atomic E-state index is 12.4. The average molecular weight is 448 g/mol. The summed E-state index contributed by atoms with van der Waals surface area (Å²) in [5, 5.41) is 0.647. The maximum absolute atomic E-state index is 12.4. The number of cyclic esters (lactones) is 1. The fraction of sp³-hybridized carbons (Fsp3) is 0.154. The van der Waals surface area contributed by atoms with Crippen molar-refractivity contribution in [1.82, 2.24) is 0 Å². The van der Waals surface area contributed by atoms with Crippen molar-refractivity contribution in [1.29, 1.82) is 0 Å². The van der Waals surface area contributed by atoms with Crippen LogP contribution in [0, 0.1) is 6.92 Å². The molecule has 4 rings (SSSR count). The maximum Gasteiger partial charge on any atom is 0.363 e. The van der Waals surface area contributed by atoms with Crippen molar-refractivity contribution in [2.75, 3.05) is 6.61 Å². The van der Waals surface area contributed by atoms with Crippen molar-refractivity contribution in [2.24, 2.45) is 4.99 Å². The molecule has 0 saturated carbocycles. The van der Waals surface area contributed by atoms with Gasteiger partial charge in [0.05, 0.1) is 6.61 Å². The number of aryl methyl sites for hydroxylation is 1. The van der Waals surface area contributed by atoms with Crippen LogP contribution in [-0.2, 0) is 16.1 Å². The molecule has 0 bridgehead atoms. The number of aliphatic imine (C=N–C) groups is 1. The van der Waals surface area contributed by atoms with Gasteiger partial charge < -0.3 is 14.2 Å². The molecule has 0 aromatic heterocycles. The normalized spacial score (nSPS) is 14.3. The van der Waals surface area contributed by atoms with E-state index in [0.29, 0.717) is 35.6 Å². The van der Waals surface area contributed by atoms with Crippen LogP contribution >= 0.6 is 11.6 Å². The minimum absolute atomic E-state index is 0.232. The largest absolute Gasteiger partial charge is 0.490 e. The lowest BCUT2D eigenvalue weighted by Crippen LogP contribution is -2.06. The molecule has 162 valence electrons. The van der Waals surface area contributed by atoms with Crippen LogP contribution in [0.4, 0.5) is 0 Å². The van der Waals surface area contributed by atoms with Crippen LogP contribution in [0.5, 0.6) is 11.5 Å². The summed E-state index contributed by atoms with van der Waals surface area (Å²) in [5.41, 5.74) is 3.65. The molecular weight excluding hydrogens is 426 g/mol. The third-order valence-electron chi connectivity index (χ3n) is 4.91. The number of benzene rings is 3. The molecule has 3 aromatic carbocycles. The van der Waals surface area contributed by atoms with E-state index >= 15 is 0 Å². The van der Waals surface area contributed by atoms with E-state index in [4.69, 9.17) is 25.8 Å². The molecule has 0 N–H and O–H groups in total. The molecule has 0 atom stereocenters. The number of halogens is 1. The molecule has 1 heterocycles. The summed E-state index contributed by atoms with van der Waals surface area (Å²) in [4.78, 5) is 16.8. The van der Waals surface area contributed by atoms with Gasteiger partial charge in [-0.2, -0.15) is 0 Å². The molecule has 0 unspecified atom stereocenters. The quantitative estimate of drug-likeness (QED) is 0.330. The SMILES string of the molecule is CCOc1cc(/C=C2\N=C(c3ccccc3C)OC2=O)ccc1OCc1ccccc1Cl. The Morgan fingerprint density at radius 3 is 2.56 bits per heavy atom. The van der Waals surface area contributed by atoms with Crippen LogP contribution in [0.2, 0.25) is 5.02 Å². The first-order chi connectivity index (χ1) is 15.5. The van der Waals surface area contributed by atoms with Crippen molar-refractivity contribution >= 4 is 29.5 Å². The number of hydrogen-bond acceptors (Lipinski definition) is 5. The Kier molecular flexibility index (Phi) is 6.57. The lowest BCUT2D eigenvalue weighted by atomic mass is 10.1. The van der Waals surface area contributed by atoms with E-state index in [1.807, 2.05) is 74.5 Å². The number of rotatable bonds is 7. The summed E-state index contributed by atoms with van der Waals surface area (Å²) in [5.74, 6) is 0.986. The Hall–Kier alpha value is -3.57. The Balaban J connectivity index is 1.58. The third kappa shape index (κ3) is 4.84. The van der Waals surface area contributed by atoms with Crippen molar-refractivity contribution in [3.63, 3.8) is 0 Å².